The van der Waals surface area contributed by atoms with Crippen LogP contribution >= 0.6 is 0 Å². The molecule has 3 unspecified atom stereocenters. The smallest absolute Gasteiger partial charge is 0.182 e. The Hall–Kier alpha value is -0.940. The molecule has 5 heteroatoms. The van der Waals surface area contributed by atoms with Crippen LogP contribution in [-0.2, 0) is 9.84 Å². The molecule has 1 aliphatic carbocycles. The second kappa shape index (κ2) is 6.44. The number of hydrogen-bond acceptors (Lipinski definition) is 3. The molecule has 0 aliphatic heterocycles. The van der Waals surface area contributed by atoms with Crippen LogP contribution in [0.3, 0.4) is 0 Å². The monoisotopic (exact) mass is 313 g/mol. The van der Waals surface area contributed by atoms with Gasteiger partial charge in [-0.15, -0.1) is 0 Å². The third kappa shape index (κ3) is 3.46. The van der Waals surface area contributed by atoms with Gasteiger partial charge in [-0.1, -0.05) is 19.9 Å². The summed E-state index contributed by atoms with van der Waals surface area (Å²) in [6, 6.07) is 5.28. The summed E-state index contributed by atoms with van der Waals surface area (Å²) in [5.74, 6) is 0.365. The zero-order valence-electron chi connectivity index (χ0n) is 12.8. The number of benzene rings is 1. The van der Waals surface area contributed by atoms with Crippen molar-refractivity contribution >= 4 is 9.84 Å². The highest BCUT2D eigenvalue weighted by molar-refractivity contribution is 7.92. The molecular formula is C16H24FNO2S. The third-order valence-corrected chi connectivity index (χ3v) is 6.90. The van der Waals surface area contributed by atoms with Crippen molar-refractivity contribution in [1.29, 1.82) is 0 Å². The van der Waals surface area contributed by atoms with Crippen LogP contribution in [0.1, 0.15) is 33.1 Å². The van der Waals surface area contributed by atoms with Crippen LogP contribution in [0.5, 0.6) is 0 Å². The number of rotatable bonds is 4. The van der Waals surface area contributed by atoms with Gasteiger partial charge in [0.1, 0.15) is 5.82 Å². The van der Waals surface area contributed by atoms with Crippen molar-refractivity contribution in [2.45, 2.75) is 49.3 Å². The maximum atomic E-state index is 13.4. The van der Waals surface area contributed by atoms with Gasteiger partial charge in [-0.05, 0) is 56.3 Å². The lowest BCUT2D eigenvalue weighted by molar-refractivity contribution is 0.246. The first-order chi connectivity index (χ1) is 9.86. The Morgan fingerprint density at radius 2 is 2.00 bits per heavy atom. The molecule has 2 rings (SSSR count). The summed E-state index contributed by atoms with van der Waals surface area (Å²) in [5.41, 5.74) is 0. The van der Waals surface area contributed by atoms with Gasteiger partial charge in [-0.25, -0.2) is 12.8 Å². The van der Waals surface area contributed by atoms with Crippen molar-refractivity contribution in [2.75, 3.05) is 7.05 Å². The Morgan fingerprint density at radius 1 is 1.29 bits per heavy atom. The van der Waals surface area contributed by atoms with Gasteiger partial charge in [-0.3, -0.25) is 0 Å². The van der Waals surface area contributed by atoms with E-state index in [1.54, 1.807) is 7.05 Å². The molecule has 3 atom stereocenters. The van der Waals surface area contributed by atoms with E-state index in [1.165, 1.54) is 18.2 Å². The summed E-state index contributed by atoms with van der Waals surface area (Å²) in [6.07, 6.45) is 2.53. The lowest BCUT2D eigenvalue weighted by Gasteiger charge is -2.37. The van der Waals surface area contributed by atoms with Crippen LogP contribution in [0.15, 0.2) is 29.2 Å². The van der Waals surface area contributed by atoms with Gasteiger partial charge in [0, 0.05) is 6.04 Å². The van der Waals surface area contributed by atoms with Crippen LogP contribution in [0.25, 0.3) is 0 Å². The van der Waals surface area contributed by atoms with Crippen molar-refractivity contribution in [3.8, 4) is 0 Å². The predicted octanol–water partition coefficient (Wildman–Crippen LogP) is 3.01. The molecule has 1 aromatic carbocycles. The molecule has 1 fully saturated rings. The molecule has 0 bridgehead atoms. The summed E-state index contributed by atoms with van der Waals surface area (Å²) >= 11 is 0. The summed E-state index contributed by atoms with van der Waals surface area (Å²) in [4.78, 5) is 0.0946. The van der Waals surface area contributed by atoms with E-state index in [-0.39, 0.29) is 10.9 Å². The van der Waals surface area contributed by atoms with Crippen molar-refractivity contribution < 1.29 is 12.8 Å². The topological polar surface area (TPSA) is 46.2 Å². The van der Waals surface area contributed by atoms with E-state index >= 15 is 0 Å². The fourth-order valence-corrected chi connectivity index (χ4v) is 5.36. The molecule has 1 aromatic rings. The first-order valence-corrected chi connectivity index (χ1v) is 9.07. The highest BCUT2D eigenvalue weighted by Crippen LogP contribution is 2.35. The highest BCUT2D eigenvalue weighted by atomic mass is 32.2. The van der Waals surface area contributed by atoms with Crippen LogP contribution in [0.4, 0.5) is 4.39 Å². The standard InChI is InChI=1S/C16H24FNO2S/c1-11(2)12-7-8-15(18-3)16(9-12)21(19,20)14-6-4-5-13(17)10-14/h4-6,10-12,15-16,18H,7-9H2,1-3H3. The second-order valence-corrected chi connectivity index (χ2v) is 8.42. The van der Waals surface area contributed by atoms with Gasteiger partial charge in [0.25, 0.3) is 0 Å². The molecule has 0 amide bonds. The maximum Gasteiger partial charge on any atom is 0.182 e. The normalized spacial score (nSPS) is 27.0. The van der Waals surface area contributed by atoms with E-state index < -0.39 is 20.9 Å². The number of halogens is 1. The average molecular weight is 313 g/mol. The van der Waals surface area contributed by atoms with Crippen molar-refractivity contribution in [2.24, 2.45) is 11.8 Å². The maximum absolute atomic E-state index is 13.4. The Balaban J connectivity index is 2.35. The summed E-state index contributed by atoms with van der Waals surface area (Å²) in [5, 5.41) is 2.65. The lowest BCUT2D eigenvalue weighted by Crippen LogP contribution is -2.47. The van der Waals surface area contributed by atoms with Crippen molar-refractivity contribution in [1.82, 2.24) is 5.32 Å². The first kappa shape index (κ1) is 16.4. The summed E-state index contributed by atoms with van der Waals surface area (Å²) < 4.78 is 39.1. The number of hydrogen-bond donors (Lipinski definition) is 1. The van der Waals surface area contributed by atoms with Crippen LogP contribution in [0, 0.1) is 17.7 Å². The lowest BCUT2D eigenvalue weighted by atomic mass is 9.79. The Bertz CT molecular complexity index is 586. The minimum absolute atomic E-state index is 0.0618. The molecule has 1 saturated carbocycles. The fraction of sp³-hybridized carbons (Fsp3) is 0.625. The minimum Gasteiger partial charge on any atom is -0.316 e. The van der Waals surface area contributed by atoms with Gasteiger partial charge in [-0.2, -0.15) is 0 Å². The highest BCUT2D eigenvalue weighted by Gasteiger charge is 2.39. The van der Waals surface area contributed by atoms with E-state index in [4.69, 9.17) is 0 Å². The van der Waals surface area contributed by atoms with Crippen molar-refractivity contribution in [3.63, 3.8) is 0 Å². The zero-order valence-corrected chi connectivity index (χ0v) is 13.7. The van der Waals surface area contributed by atoms with E-state index in [2.05, 4.69) is 19.2 Å². The molecule has 21 heavy (non-hydrogen) atoms. The largest absolute Gasteiger partial charge is 0.316 e. The Kier molecular flexibility index (Phi) is 5.04. The van der Waals surface area contributed by atoms with Gasteiger partial charge in [0.2, 0.25) is 0 Å². The number of sulfone groups is 1. The molecule has 118 valence electrons. The third-order valence-electron chi connectivity index (χ3n) is 4.67. The van der Waals surface area contributed by atoms with E-state index in [0.717, 1.165) is 18.9 Å². The fourth-order valence-electron chi connectivity index (χ4n) is 3.26. The molecule has 0 saturated heterocycles. The molecule has 1 aliphatic rings. The van der Waals surface area contributed by atoms with Gasteiger partial charge in [0.05, 0.1) is 10.1 Å². The van der Waals surface area contributed by atoms with Crippen molar-refractivity contribution in [3.05, 3.63) is 30.1 Å². The minimum atomic E-state index is -3.51. The van der Waals surface area contributed by atoms with Crippen LogP contribution in [0.2, 0.25) is 0 Å². The second-order valence-electron chi connectivity index (χ2n) is 6.25. The molecule has 0 spiro atoms. The van der Waals surface area contributed by atoms with E-state index in [1.807, 2.05) is 0 Å². The molecular weight excluding hydrogens is 289 g/mol. The SMILES string of the molecule is CNC1CCC(C(C)C)CC1S(=O)(=O)c1cccc(F)c1. The Morgan fingerprint density at radius 3 is 2.57 bits per heavy atom. The van der Waals surface area contributed by atoms with E-state index in [0.29, 0.717) is 18.3 Å². The average Bonchev–Trinajstić information content (AvgIpc) is 2.46. The molecule has 0 radical (unpaired) electrons. The zero-order chi connectivity index (χ0) is 15.6. The predicted molar refractivity (Wildman–Crippen MR) is 82.4 cm³/mol. The van der Waals surface area contributed by atoms with Gasteiger partial charge >= 0.3 is 0 Å². The van der Waals surface area contributed by atoms with Crippen LogP contribution < -0.4 is 5.32 Å². The van der Waals surface area contributed by atoms with Gasteiger partial charge < -0.3 is 5.32 Å². The summed E-state index contributed by atoms with van der Waals surface area (Å²) in [7, 11) is -1.71. The Labute approximate surface area is 126 Å². The summed E-state index contributed by atoms with van der Waals surface area (Å²) in [6.45, 7) is 4.27. The quantitative estimate of drug-likeness (QED) is 0.929. The molecule has 0 aromatic heterocycles. The first-order valence-electron chi connectivity index (χ1n) is 7.53. The van der Waals surface area contributed by atoms with E-state index in [9.17, 15) is 12.8 Å². The molecule has 3 nitrogen and oxygen atoms in total. The molecule has 0 heterocycles. The molecule has 1 N–H and O–H groups in total. The number of nitrogens with one attached hydrogen (secondary N) is 1. The van der Waals surface area contributed by atoms with Gasteiger partial charge in [0.15, 0.2) is 9.84 Å². The van der Waals surface area contributed by atoms with Crippen LogP contribution in [-0.4, -0.2) is 26.8 Å².